The predicted molar refractivity (Wildman–Crippen MR) is 71.8 cm³/mol. The van der Waals surface area contributed by atoms with E-state index in [1.807, 2.05) is 0 Å². The number of anilines is 1. The van der Waals surface area contributed by atoms with Crippen LogP contribution in [0.2, 0.25) is 0 Å². The fourth-order valence-corrected chi connectivity index (χ4v) is 1.70. The maximum Gasteiger partial charge on any atom is 0.271 e. The average Bonchev–Trinajstić information content (AvgIpc) is 2.43. The molecule has 1 amide bonds. The highest BCUT2D eigenvalue weighted by molar-refractivity contribution is 5.92. The molecule has 108 valence electrons. The van der Waals surface area contributed by atoms with Crippen LogP contribution in [0.25, 0.3) is 0 Å². The van der Waals surface area contributed by atoms with Gasteiger partial charge in [0.1, 0.15) is 11.6 Å². The van der Waals surface area contributed by atoms with Crippen molar-refractivity contribution in [3.05, 3.63) is 69.8 Å². The molecule has 7 heteroatoms. The molecule has 2 rings (SSSR count). The van der Waals surface area contributed by atoms with E-state index < -0.39 is 22.5 Å². The van der Waals surface area contributed by atoms with E-state index in [-0.39, 0.29) is 17.8 Å². The maximum absolute atomic E-state index is 13.5. The summed E-state index contributed by atoms with van der Waals surface area (Å²) >= 11 is 0. The third kappa shape index (κ3) is 3.82. The normalized spacial score (nSPS) is 10.2. The lowest BCUT2D eigenvalue weighted by atomic mass is 10.1. The topological polar surface area (TPSA) is 72.2 Å². The quantitative estimate of drug-likeness (QED) is 0.695. The Bertz CT molecular complexity index is 687. The summed E-state index contributed by atoms with van der Waals surface area (Å²) in [5, 5.41) is 12.9. The number of nitro benzene ring substituents is 1. The van der Waals surface area contributed by atoms with Crippen LogP contribution in [0, 0.1) is 21.7 Å². The van der Waals surface area contributed by atoms with Crippen molar-refractivity contribution in [3.8, 4) is 0 Å². The van der Waals surface area contributed by atoms with Crippen molar-refractivity contribution in [1.82, 2.24) is 0 Å². The molecule has 0 aliphatic carbocycles. The summed E-state index contributed by atoms with van der Waals surface area (Å²) in [6.45, 7) is 0. The molecule has 0 spiro atoms. The third-order valence-corrected chi connectivity index (χ3v) is 2.71. The van der Waals surface area contributed by atoms with E-state index in [0.29, 0.717) is 5.56 Å². The number of hydrogen-bond donors (Lipinski definition) is 1. The molecule has 5 nitrogen and oxygen atoms in total. The highest BCUT2D eigenvalue weighted by atomic mass is 19.1. The molecule has 0 heterocycles. The zero-order valence-corrected chi connectivity index (χ0v) is 10.7. The van der Waals surface area contributed by atoms with E-state index in [1.54, 1.807) is 0 Å². The van der Waals surface area contributed by atoms with Gasteiger partial charge in [0, 0.05) is 12.1 Å². The number of carbonyl (C=O) groups excluding carboxylic acids is 1. The number of amides is 1. The molecule has 0 fully saturated rings. The zero-order chi connectivity index (χ0) is 15.4. The first-order valence-corrected chi connectivity index (χ1v) is 5.94. The van der Waals surface area contributed by atoms with E-state index in [4.69, 9.17) is 0 Å². The first kappa shape index (κ1) is 14.6. The summed E-state index contributed by atoms with van der Waals surface area (Å²) in [4.78, 5) is 21.7. The van der Waals surface area contributed by atoms with Crippen LogP contribution >= 0.6 is 0 Å². The summed E-state index contributed by atoms with van der Waals surface area (Å²) in [5.74, 6) is -1.75. The molecule has 0 aromatic heterocycles. The van der Waals surface area contributed by atoms with Crippen LogP contribution in [-0.2, 0) is 11.2 Å². The number of rotatable bonds is 4. The fraction of sp³-hybridized carbons (Fsp3) is 0.0714. The van der Waals surface area contributed by atoms with Gasteiger partial charge in [-0.3, -0.25) is 14.9 Å². The van der Waals surface area contributed by atoms with Gasteiger partial charge in [-0.05, 0) is 23.8 Å². The molecule has 0 unspecified atom stereocenters. The van der Waals surface area contributed by atoms with Crippen molar-refractivity contribution in [2.45, 2.75) is 6.42 Å². The SMILES string of the molecule is O=C(Cc1ccc(F)cc1)Nc1cc([N+](=O)[O-])ccc1F. The van der Waals surface area contributed by atoms with Crippen LogP contribution in [0.3, 0.4) is 0 Å². The molecule has 0 bridgehead atoms. The summed E-state index contributed by atoms with van der Waals surface area (Å²) in [7, 11) is 0. The number of nitro groups is 1. The van der Waals surface area contributed by atoms with Crippen LogP contribution in [0.1, 0.15) is 5.56 Å². The van der Waals surface area contributed by atoms with Crippen molar-refractivity contribution in [3.63, 3.8) is 0 Å². The van der Waals surface area contributed by atoms with Gasteiger partial charge in [0.15, 0.2) is 0 Å². The minimum atomic E-state index is -0.770. The number of non-ortho nitro benzene ring substituents is 1. The number of carbonyl (C=O) groups is 1. The maximum atomic E-state index is 13.5. The number of benzene rings is 2. The molecular weight excluding hydrogens is 282 g/mol. The number of nitrogens with zero attached hydrogens (tertiary/aromatic N) is 1. The van der Waals surface area contributed by atoms with Gasteiger partial charge in [0.25, 0.3) is 5.69 Å². The zero-order valence-electron chi connectivity index (χ0n) is 10.7. The molecular formula is C14H10F2N2O3. The van der Waals surface area contributed by atoms with Gasteiger partial charge in [-0.15, -0.1) is 0 Å². The smallest absolute Gasteiger partial charge is 0.271 e. The van der Waals surface area contributed by atoms with Crippen molar-refractivity contribution < 1.29 is 18.5 Å². The summed E-state index contributed by atoms with van der Waals surface area (Å²) in [5.41, 5.74) is -0.0514. The van der Waals surface area contributed by atoms with Gasteiger partial charge >= 0.3 is 0 Å². The minimum Gasteiger partial charge on any atom is -0.323 e. The lowest BCUT2D eigenvalue weighted by Gasteiger charge is -2.06. The average molecular weight is 292 g/mol. The van der Waals surface area contributed by atoms with Gasteiger partial charge in [0.05, 0.1) is 17.0 Å². The van der Waals surface area contributed by atoms with Crippen LogP contribution in [0.15, 0.2) is 42.5 Å². The standard InChI is InChI=1S/C14H10F2N2O3/c15-10-3-1-9(2-4-10)7-14(19)17-13-8-11(18(20)21)5-6-12(13)16/h1-6,8H,7H2,(H,17,19). The minimum absolute atomic E-state index is 0.0948. The van der Waals surface area contributed by atoms with Gasteiger partial charge in [-0.25, -0.2) is 8.78 Å². The first-order chi connectivity index (χ1) is 9.95. The van der Waals surface area contributed by atoms with Gasteiger partial charge < -0.3 is 5.32 Å². The Morgan fingerprint density at radius 1 is 1.14 bits per heavy atom. The molecule has 0 atom stereocenters. The van der Waals surface area contributed by atoms with Crippen molar-refractivity contribution in [1.29, 1.82) is 0 Å². The molecule has 0 aliphatic rings. The second-order valence-electron chi connectivity index (χ2n) is 4.27. The largest absolute Gasteiger partial charge is 0.323 e. The van der Waals surface area contributed by atoms with Gasteiger partial charge in [-0.1, -0.05) is 12.1 Å². The van der Waals surface area contributed by atoms with Crippen LogP contribution in [-0.4, -0.2) is 10.8 Å². The molecule has 0 aliphatic heterocycles. The molecule has 21 heavy (non-hydrogen) atoms. The fourth-order valence-electron chi connectivity index (χ4n) is 1.70. The van der Waals surface area contributed by atoms with Gasteiger partial charge in [-0.2, -0.15) is 0 Å². The van der Waals surface area contributed by atoms with Crippen molar-refractivity contribution in [2.75, 3.05) is 5.32 Å². The molecule has 0 saturated carbocycles. The number of halogens is 2. The second kappa shape index (κ2) is 6.08. The molecule has 2 aromatic rings. The van der Waals surface area contributed by atoms with E-state index in [0.717, 1.165) is 18.2 Å². The lowest BCUT2D eigenvalue weighted by Crippen LogP contribution is -2.15. The Balaban J connectivity index is 2.10. The summed E-state index contributed by atoms with van der Waals surface area (Å²) < 4.78 is 26.2. The lowest BCUT2D eigenvalue weighted by molar-refractivity contribution is -0.384. The number of nitrogens with one attached hydrogen (secondary N) is 1. The Hall–Kier alpha value is -2.83. The van der Waals surface area contributed by atoms with Crippen LogP contribution in [0.4, 0.5) is 20.2 Å². The molecule has 2 aromatic carbocycles. The van der Waals surface area contributed by atoms with E-state index >= 15 is 0 Å². The van der Waals surface area contributed by atoms with Gasteiger partial charge in [0.2, 0.25) is 5.91 Å². The van der Waals surface area contributed by atoms with Crippen LogP contribution < -0.4 is 5.32 Å². The van der Waals surface area contributed by atoms with E-state index in [9.17, 15) is 23.7 Å². The summed E-state index contributed by atoms with van der Waals surface area (Å²) in [6, 6.07) is 8.12. The highest BCUT2D eigenvalue weighted by Crippen LogP contribution is 2.21. The Morgan fingerprint density at radius 3 is 2.43 bits per heavy atom. The Kier molecular flexibility index (Phi) is 4.22. The summed E-state index contributed by atoms with van der Waals surface area (Å²) in [6.07, 6.45) is -0.0948. The molecule has 1 N–H and O–H groups in total. The Labute approximate surface area is 118 Å². The molecule has 0 saturated heterocycles. The van der Waals surface area contributed by atoms with Crippen molar-refractivity contribution in [2.24, 2.45) is 0 Å². The van der Waals surface area contributed by atoms with E-state index in [1.165, 1.54) is 24.3 Å². The monoisotopic (exact) mass is 292 g/mol. The predicted octanol–water partition coefficient (Wildman–Crippen LogP) is 3.05. The third-order valence-electron chi connectivity index (χ3n) is 2.71. The number of hydrogen-bond acceptors (Lipinski definition) is 3. The van der Waals surface area contributed by atoms with Crippen molar-refractivity contribution >= 4 is 17.3 Å². The highest BCUT2D eigenvalue weighted by Gasteiger charge is 2.13. The second-order valence-corrected chi connectivity index (χ2v) is 4.27. The van der Waals surface area contributed by atoms with Crippen LogP contribution in [0.5, 0.6) is 0 Å². The molecule has 0 radical (unpaired) electrons. The first-order valence-electron chi connectivity index (χ1n) is 5.94. The van der Waals surface area contributed by atoms with E-state index in [2.05, 4.69) is 5.32 Å². The Morgan fingerprint density at radius 2 is 1.81 bits per heavy atom.